The van der Waals surface area contributed by atoms with Gasteiger partial charge in [0.2, 0.25) is 0 Å². The Kier molecular flexibility index (Phi) is 6.99. The van der Waals surface area contributed by atoms with E-state index in [0.717, 1.165) is 19.5 Å². The normalized spacial score (nSPS) is 12.7. The topological polar surface area (TPSA) is 32.3 Å². The molecular formula is C16H27NO. The van der Waals surface area contributed by atoms with Crippen molar-refractivity contribution in [2.45, 2.75) is 46.6 Å². The van der Waals surface area contributed by atoms with Crippen LogP contribution in [0.15, 0.2) is 18.2 Å². The van der Waals surface area contributed by atoms with E-state index in [9.17, 15) is 0 Å². The summed E-state index contributed by atoms with van der Waals surface area (Å²) in [6, 6.07) is 6.68. The van der Waals surface area contributed by atoms with Gasteiger partial charge < -0.3 is 10.4 Å². The maximum atomic E-state index is 9.02. The molecule has 18 heavy (non-hydrogen) atoms. The molecule has 0 saturated heterocycles. The molecular weight excluding hydrogens is 222 g/mol. The molecule has 2 nitrogen and oxygen atoms in total. The van der Waals surface area contributed by atoms with E-state index in [0.29, 0.717) is 12.5 Å². The van der Waals surface area contributed by atoms with Gasteiger partial charge in [0.15, 0.2) is 0 Å². The Hall–Kier alpha value is -0.860. The van der Waals surface area contributed by atoms with Crippen LogP contribution in [-0.4, -0.2) is 18.3 Å². The molecule has 0 aliphatic heterocycles. The monoisotopic (exact) mass is 249 g/mol. The van der Waals surface area contributed by atoms with Gasteiger partial charge in [0, 0.05) is 13.2 Å². The SMILES string of the molecule is CCCC(CCO)CNCc1cc(C)cc(C)c1. The van der Waals surface area contributed by atoms with Gasteiger partial charge in [-0.2, -0.15) is 0 Å². The lowest BCUT2D eigenvalue weighted by atomic mass is 10.00. The zero-order valence-electron chi connectivity index (χ0n) is 12.0. The van der Waals surface area contributed by atoms with Crippen LogP contribution in [0.3, 0.4) is 0 Å². The van der Waals surface area contributed by atoms with Gasteiger partial charge in [0.25, 0.3) is 0 Å². The molecule has 0 radical (unpaired) electrons. The largest absolute Gasteiger partial charge is 0.396 e. The fourth-order valence-corrected chi connectivity index (χ4v) is 2.53. The molecule has 2 N–H and O–H groups in total. The third-order valence-corrected chi connectivity index (χ3v) is 3.28. The lowest BCUT2D eigenvalue weighted by Crippen LogP contribution is -2.23. The Labute approximate surface area is 111 Å². The predicted molar refractivity (Wildman–Crippen MR) is 77.7 cm³/mol. The summed E-state index contributed by atoms with van der Waals surface area (Å²) >= 11 is 0. The number of nitrogens with one attached hydrogen (secondary N) is 1. The van der Waals surface area contributed by atoms with E-state index in [2.05, 4.69) is 44.3 Å². The van der Waals surface area contributed by atoms with Gasteiger partial charge in [-0.15, -0.1) is 0 Å². The van der Waals surface area contributed by atoms with Crippen LogP contribution in [0.2, 0.25) is 0 Å². The highest BCUT2D eigenvalue weighted by Crippen LogP contribution is 2.11. The Balaban J connectivity index is 2.39. The zero-order chi connectivity index (χ0) is 13.4. The van der Waals surface area contributed by atoms with E-state index in [-0.39, 0.29) is 0 Å². The highest BCUT2D eigenvalue weighted by molar-refractivity contribution is 5.28. The molecule has 1 atom stereocenters. The summed E-state index contributed by atoms with van der Waals surface area (Å²) in [4.78, 5) is 0. The number of hydrogen-bond acceptors (Lipinski definition) is 2. The summed E-state index contributed by atoms with van der Waals surface area (Å²) in [5.41, 5.74) is 4.01. The van der Waals surface area contributed by atoms with E-state index in [4.69, 9.17) is 5.11 Å². The first-order valence-corrected chi connectivity index (χ1v) is 7.04. The average Bonchev–Trinajstić information content (AvgIpc) is 2.28. The zero-order valence-corrected chi connectivity index (χ0v) is 12.0. The Bertz CT molecular complexity index is 323. The minimum absolute atomic E-state index is 0.301. The molecule has 0 heterocycles. The molecule has 1 aromatic carbocycles. The van der Waals surface area contributed by atoms with Crippen LogP contribution < -0.4 is 5.32 Å². The van der Waals surface area contributed by atoms with E-state index in [1.165, 1.54) is 29.5 Å². The highest BCUT2D eigenvalue weighted by Gasteiger charge is 2.06. The summed E-state index contributed by atoms with van der Waals surface area (Å²) in [6.45, 7) is 8.71. The number of benzene rings is 1. The van der Waals surface area contributed by atoms with Crippen LogP contribution in [-0.2, 0) is 6.54 Å². The Morgan fingerprint density at radius 3 is 2.33 bits per heavy atom. The molecule has 0 aliphatic rings. The summed E-state index contributed by atoms with van der Waals surface area (Å²) in [6.07, 6.45) is 3.30. The summed E-state index contributed by atoms with van der Waals surface area (Å²) in [5.74, 6) is 0.603. The fourth-order valence-electron chi connectivity index (χ4n) is 2.53. The number of aliphatic hydroxyl groups excluding tert-OH is 1. The minimum Gasteiger partial charge on any atom is -0.396 e. The molecule has 0 spiro atoms. The van der Waals surface area contributed by atoms with Gasteiger partial charge in [-0.3, -0.25) is 0 Å². The maximum absolute atomic E-state index is 9.02. The number of aliphatic hydroxyl groups is 1. The van der Waals surface area contributed by atoms with Crippen molar-refractivity contribution in [1.82, 2.24) is 5.32 Å². The minimum atomic E-state index is 0.301. The van der Waals surface area contributed by atoms with Crippen LogP contribution in [0.25, 0.3) is 0 Å². The van der Waals surface area contributed by atoms with Crippen molar-refractivity contribution in [2.24, 2.45) is 5.92 Å². The summed E-state index contributed by atoms with van der Waals surface area (Å²) in [7, 11) is 0. The maximum Gasteiger partial charge on any atom is 0.0434 e. The number of rotatable bonds is 8. The van der Waals surface area contributed by atoms with Crippen molar-refractivity contribution in [3.63, 3.8) is 0 Å². The summed E-state index contributed by atoms with van der Waals surface area (Å²) < 4.78 is 0. The lowest BCUT2D eigenvalue weighted by molar-refractivity contribution is 0.248. The molecule has 1 unspecified atom stereocenters. The first-order chi connectivity index (χ1) is 8.65. The molecule has 0 aliphatic carbocycles. The van der Waals surface area contributed by atoms with Gasteiger partial charge in [-0.1, -0.05) is 42.7 Å². The molecule has 0 bridgehead atoms. The molecule has 2 heteroatoms. The quantitative estimate of drug-likeness (QED) is 0.741. The average molecular weight is 249 g/mol. The van der Waals surface area contributed by atoms with Crippen LogP contribution in [0.4, 0.5) is 0 Å². The second-order valence-electron chi connectivity index (χ2n) is 5.29. The van der Waals surface area contributed by atoms with Gasteiger partial charge in [-0.25, -0.2) is 0 Å². The van der Waals surface area contributed by atoms with E-state index in [1.807, 2.05) is 0 Å². The smallest absolute Gasteiger partial charge is 0.0434 e. The van der Waals surface area contributed by atoms with Crippen molar-refractivity contribution in [2.75, 3.05) is 13.2 Å². The third-order valence-electron chi connectivity index (χ3n) is 3.28. The first-order valence-electron chi connectivity index (χ1n) is 7.04. The second-order valence-corrected chi connectivity index (χ2v) is 5.29. The molecule has 0 saturated carbocycles. The van der Waals surface area contributed by atoms with Crippen molar-refractivity contribution in [1.29, 1.82) is 0 Å². The Morgan fingerprint density at radius 2 is 1.78 bits per heavy atom. The number of hydrogen-bond donors (Lipinski definition) is 2. The predicted octanol–water partition coefficient (Wildman–Crippen LogP) is 3.19. The molecule has 1 aromatic rings. The van der Waals surface area contributed by atoms with Gasteiger partial charge in [0.05, 0.1) is 0 Å². The van der Waals surface area contributed by atoms with Gasteiger partial charge in [0.1, 0.15) is 0 Å². The van der Waals surface area contributed by atoms with Crippen molar-refractivity contribution >= 4 is 0 Å². The van der Waals surface area contributed by atoms with Gasteiger partial charge in [-0.05, 0) is 44.7 Å². The lowest BCUT2D eigenvalue weighted by Gasteiger charge is -2.16. The third kappa shape index (κ3) is 5.65. The standard InChI is InChI=1S/C16H27NO/c1-4-5-15(6-7-18)11-17-12-16-9-13(2)8-14(3)10-16/h8-10,15,17-18H,4-7,11-12H2,1-3H3. The van der Waals surface area contributed by atoms with Crippen LogP contribution in [0.5, 0.6) is 0 Å². The van der Waals surface area contributed by atoms with Crippen molar-refractivity contribution in [3.8, 4) is 0 Å². The Morgan fingerprint density at radius 1 is 1.11 bits per heavy atom. The fraction of sp³-hybridized carbons (Fsp3) is 0.625. The molecule has 1 rings (SSSR count). The highest BCUT2D eigenvalue weighted by atomic mass is 16.3. The van der Waals surface area contributed by atoms with Crippen LogP contribution in [0, 0.1) is 19.8 Å². The van der Waals surface area contributed by atoms with Crippen molar-refractivity contribution < 1.29 is 5.11 Å². The summed E-state index contributed by atoms with van der Waals surface area (Å²) in [5, 5.41) is 12.5. The second kappa shape index (κ2) is 8.28. The number of aryl methyl sites for hydroxylation is 2. The van der Waals surface area contributed by atoms with E-state index < -0.39 is 0 Å². The van der Waals surface area contributed by atoms with Crippen LogP contribution >= 0.6 is 0 Å². The molecule has 0 amide bonds. The first kappa shape index (κ1) is 15.2. The molecule has 0 fully saturated rings. The van der Waals surface area contributed by atoms with Crippen LogP contribution in [0.1, 0.15) is 42.9 Å². The molecule has 0 aromatic heterocycles. The van der Waals surface area contributed by atoms with Gasteiger partial charge >= 0.3 is 0 Å². The van der Waals surface area contributed by atoms with E-state index in [1.54, 1.807) is 0 Å². The van der Waals surface area contributed by atoms with E-state index >= 15 is 0 Å². The van der Waals surface area contributed by atoms with Crippen molar-refractivity contribution in [3.05, 3.63) is 34.9 Å². The molecule has 102 valence electrons.